The van der Waals surface area contributed by atoms with Crippen molar-refractivity contribution in [3.8, 4) is 0 Å². The van der Waals surface area contributed by atoms with Crippen molar-refractivity contribution in [1.82, 2.24) is 10.3 Å². The first-order chi connectivity index (χ1) is 10.2. The van der Waals surface area contributed by atoms with Crippen molar-refractivity contribution in [2.45, 2.75) is 30.5 Å². The molecular formula is C17H19BrN2O. The van der Waals surface area contributed by atoms with Crippen LogP contribution in [0, 0.1) is 5.92 Å². The number of fused-ring (bicyclic) bond motifs is 1. The number of carbonyl (C=O) groups excluding carboxylic acids is 1. The average Bonchev–Trinajstić information content (AvgIpc) is 2.53. The maximum Gasteiger partial charge on any atom is 0.253 e. The second kappa shape index (κ2) is 6.56. The van der Waals surface area contributed by atoms with Gasteiger partial charge in [0.1, 0.15) is 0 Å². The third-order valence-corrected chi connectivity index (χ3v) is 5.12. The molecule has 0 atom stereocenters. The first-order valence-electron chi connectivity index (χ1n) is 7.50. The zero-order chi connectivity index (χ0) is 14.7. The summed E-state index contributed by atoms with van der Waals surface area (Å²) < 4.78 is 0. The fraction of sp³-hybridized carbons (Fsp3) is 0.412. The molecule has 3 rings (SSSR count). The van der Waals surface area contributed by atoms with Crippen LogP contribution < -0.4 is 5.32 Å². The third-order valence-electron chi connectivity index (χ3n) is 4.20. The van der Waals surface area contributed by atoms with Gasteiger partial charge in [-0.2, -0.15) is 0 Å². The van der Waals surface area contributed by atoms with E-state index in [0.717, 1.165) is 17.4 Å². The predicted molar refractivity (Wildman–Crippen MR) is 88.7 cm³/mol. The van der Waals surface area contributed by atoms with Gasteiger partial charge < -0.3 is 5.32 Å². The Morgan fingerprint density at radius 3 is 2.76 bits per heavy atom. The van der Waals surface area contributed by atoms with Crippen molar-refractivity contribution in [3.05, 3.63) is 42.1 Å². The number of aromatic nitrogens is 1. The Balaban J connectivity index is 1.67. The lowest BCUT2D eigenvalue weighted by Crippen LogP contribution is -2.31. The molecule has 1 fully saturated rings. The van der Waals surface area contributed by atoms with E-state index in [2.05, 4.69) is 26.2 Å². The molecule has 1 aromatic heterocycles. The third kappa shape index (κ3) is 3.43. The quantitative estimate of drug-likeness (QED) is 0.855. The maximum absolute atomic E-state index is 12.4. The Labute approximate surface area is 133 Å². The molecule has 1 aliphatic carbocycles. The van der Waals surface area contributed by atoms with Gasteiger partial charge in [0.25, 0.3) is 5.91 Å². The Bertz CT molecular complexity index is 630. The number of benzene rings is 1. The first kappa shape index (κ1) is 14.5. The topological polar surface area (TPSA) is 42.0 Å². The SMILES string of the molecule is O=C(NCC1CCC(Br)CC1)c1cccc2cccnc12. The number of nitrogens with zero attached hydrogens (tertiary/aromatic N) is 1. The van der Waals surface area contributed by atoms with Gasteiger partial charge in [-0.15, -0.1) is 0 Å². The van der Waals surface area contributed by atoms with Crippen LogP contribution >= 0.6 is 15.9 Å². The lowest BCUT2D eigenvalue weighted by Gasteiger charge is -2.25. The van der Waals surface area contributed by atoms with E-state index in [-0.39, 0.29) is 5.91 Å². The minimum atomic E-state index is -0.0136. The van der Waals surface area contributed by atoms with Crippen LogP contribution in [0.3, 0.4) is 0 Å². The largest absolute Gasteiger partial charge is 0.352 e. The van der Waals surface area contributed by atoms with Crippen LogP contribution in [0.25, 0.3) is 10.9 Å². The molecule has 21 heavy (non-hydrogen) atoms. The van der Waals surface area contributed by atoms with Gasteiger partial charge in [-0.05, 0) is 43.7 Å². The summed E-state index contributed by atoms with van der Waals surface area (Å²) in [5.74, 6) is 0.589. The summed E-state index contributed by atoms with van der Waals surface area (Å²) in [4.78, 5) is 17.4. The molecule has 110 valence electrons. The Hall–Kier alpha value is -1.42. The van der Waals surface area contributed by atoms with Gasteiger partial charge in [0, 0.05) is 23.0 Å². The molecule has 0 aliphatic heterocycles. The van der Waals surface area contributed by atoms with Crippen LogP contribution in [0.15, 0.2) is 36.5 Å². The van der Waals surface area contributed by atoms with Crippen molar-refractivity contribution >= 4 is 32.7 Å². The molecule has 1 aliphatic rings. The van der Waals surface area contributed by atoms with Crippen molar-refractivity contribution < 1.29 is 4.79 Å². The highest BCUT2D eigenvalue weighted by molar-refractivity contribution is 9.09. The van der Waals surface area contributed by atoms with Gasteiger partial charge in [-0.1, -0.05) is 34.1 Å². The molecule has 1 aromatic carbocycles. The van der Waals surface area contributed by atoms with Gasteiger partial charge in [-0.25, -0.2) is 0 Å². The van der Waals surface area contributed by atoms with Gasteiger partial charge >= 0.3 is 0 Å². The van der Waals surface area contributed by atoms with Crippen LogP contribution in [0.1, 0.15) is 36.0 Å². The number of alkyl halides is 1. The molecule has 0 bridgehead atoms. The zero-order valence-electron chi connectivity index (χ0n) is 11.9. The number of rotatable bonds is 3. The number of hydrogen-bond acceptors (Lipinski definition) is 2. The summed E-state index contributed by atoms with van der Waals surface area (Å²) in [6, 6.07) is 9.62. The molecular weight excluding hydrogens is 328 g/mol. The van der Waals surface area contributed by atoms with Crippen molar-refractivity contribution in [2.75, 3.05) is 6.54 Å². The van der Waals surface area contributed by atoms with Crippen LogP contribution in [0.2, 0.25) is 0 Å². The van der Waals surface area contributed by atoms with E-state index >= 15 is 0 Å². The minimum absolute atomic E-state index is 0.0136. The maximum atomic E-state index is 12.4. The molecule has 0 saturated heterocycles. The molecule has 1 saturated carbocycles. The fourth-order valence-electron chi connectivity index (χ4n) is 2.95. The molecule has 0 unspecified atom stereocenters. The molecule has 4 heteroatoms. The minimum Gasteiger partial charge on any atom is -0.352 e. The van der Waals surface area contributed by atoms with E-state index in [1.807, 2.05) is 30.3 Å². The van der Waals surface area contributed by atoms with Gasteiger partial charge in [0.15, 0.2) is 0 Å². The highest BCUT2D eigenvalue weighted by atomic mass is 79.9. The second-order valence-electron chi connectivity index (χ2n) is 5.71. The lowest BCUT2D eigenvalue weighted by molar-refractivity contribution is 0.0945. The number of hydrogen-bond donors (Lipinski definition) is 1. The van der Waals surface area contributed by atoms with Gasteiger partial charge in [0.2, 0.25) is 0 Å². The zero-order valence-corrected chi connectivity index (χ0v) is 13.5. The van der Waals surface area contributed by atoms with Crippen LogP contribution in [-0.2, 0) is 0 Å². The van der Waals surface area contributed by atoms with Gasteiger partial charge in [-0.3, -0.25) is 9.78 Å². The van der Waals surface area contributed by atoms with Gasteiger partial charge in [0.05, 0.1) is 11.1 Å². The number of halogens is 1. The predicted octanol–water partition coefficient (Wildman–Crippen LogP) is 3.92. The monoisotopic (exact) mass is 346 g/mol. The summed E-state index contributed by atoms with van der Waals surface area (Å²) in [5.41, 5.74) is 1.45. The summed E-state index contributed by atoms with van der Waals surface area (Å²) >= 11 is 3.66. The van der Waals surface area contributed by atoms with E-state index in [1.165, 1.54) is 25.7 Å². The summed E-state index contributed by atoms with van der Waals surface area (Å²) in [5, 5.41) is 4.09. The first-order valence-corrected chi connectivity index (χ1v) is 8.41. The van der Waals surface area contributed by atoms with Crippen LogP contribution in [0.4, 0.5) is 0 Å². The summed E-state index contributed by atoms with van der Waals surface area (Å²) in [6.45, 7) is 0.766. The van der Waals surface area contributed by atoms with Crippen molar-refractivity contribution in [2.24, 2.45) is 5.92 Å². The standard InChI is InChI=1S/C17H19BrN2O/c18-14-8-6-12(7-9-14)11-20-17(21)15-5-1-3-13-4-2-10-19-16(13)15/h1-5,10,12,14H,6-9,11H2,(H,20,21). The van der Waals surface area contributed by atoms with Crippen molar-refractivity contribution in [3.63, 3.8) is 0 Å². The molecule has 1 amide bonds. The van der Waals surface area contributed by atoms with E-state index in [4.69, 9.17) is 0 Å². The second-order valence-corrected chi connectivity index (χ2v) is 7.00. The molecule has 0 spiro atoms. The van der Waals surface area contributed by atoms with E-state index in [1.54, 1.807) is 6.20 Å². The number of carbonyl (C=O) groups is 1. The highest BCUT2D eigenvalue weighted by Gasteiger charge is 2.20. The van der Waals surface area contributed by atoms with E-state index in [0.29, 0.717) is 16.3 Å². The molecule has 2 aromatic rings. The number of para-hydroxylation sites is 1. The van der Waals surface area contributed by atoms with E-state index in [9.17, 15) is 4.79 Å². The Morgan fingerprint density at radius 1 is 1.19 bits per heavy atom. The van der Waals surface area contributed by atoms with Crippen LogP contribution in [-0.4, -0.2) is 22.3 Å². The number of amides is 1. The number of nitrogens with one attached hydrogen (secondary N) is 1. The lowest BCUT2D eigenvalue weighted by atomic mass is 9.89. The van der Waals surface area contributed by atoms with Crippen LogP contribution in [0.5, 0.6) is 0 Å². The Kier molecular flexibility index (Phi) is 4.54. The average molecular weight is 347 g/mol. The fourth-order valence-corrected chi connectivity index (χ4v) is 3.47. The summed E-state index contributed by atoms with van der Waals surface area (Å²) in [6.07, 6.45) is 6.51. The normalized spacial score (nSPS) is 22.1. The summed E-state index contributed by atoms with van der Waals surface area (Å²) in [7, 11) is 0. The van der Waals surface area contributed by atoms with Crippen molar-refractivity contribution in [1.29, 1.82) is 0 Å². The molecule has 1 N–H and O–H groups in total. The molecule has 0 radical (unpaired) electrons. The number of pyridine rings is 1. The molecule has 3 nitrogen and oxygen atoms in total. The smallest absolute Gasteiger partial charge is 0.253 e. The Morgan fingerprint density at radius 2 is 1.95 bits per heavy atom. The van der Waals surface area contributed by atoms with E-state index < -0.39 is 0 Å². The molecule has 1 heterocycles. The highest BCUT2D eigenvalue weighted by Crippen LogP contribution is 2.28.